The predicted molar refractivity (Wildman–Crippen MR) is 81.2 cm³/mol. The molecule has 0 fully saturated rings. The number of carbonyl (C=O) groups is 1. The van der Waals surface area contributed by atoms with E-state index in [0.29, 0.717) is 0 Å². The monoisotopic (exact) mass is 365 g/mol. The van der Waals surface area contributed by atoms with Crippen LogP contribution in [-0.2, 0) is 24.4 Å². The minimum Gasteiger partial charge on any atom is -0.453 e. The van der Waals surface area contributed by atoms with E-state index in [1.165, 1.54) is 0 Å². The van der Waals surface area contributed by atoms with Crippen LogP contribution in [0.25, 0.3) is 0 Å². The molecule has 128 valence electrons. The summed E-state index contributed by atoms with van der Waals surface area (Å²) in [5.74, 6) is -1.85. The van der Waals surface area contributed by atoms with Gasteiger partial charge in [-0.05, 0) is 30.3 Å². The number of hydrogen-bond acceptors (Lipinski definition) is 6. The van der Waals surface area contributed by atoms with Gasteiger partial charge in [-0.25, -0.2) is 26.0 Å². The number of sulfone groups is 2. The number of hydrogen-bond donors (Lipinski definition) is 1. The third-order valence-electron chi connectivity index (χ3n) is 2.69. The van der Waals surface area contributed by atoms with Gasteiger partial charge in [-0.15, -0.1) is 0 Å². The first-order chi connectivity index (χ1) is 10.6. The van der Waals surface area contributed by atoms with E-state index >= 15 is 0 Å². The Bertz CT molecular complexity index is 797. The molecule has 1 amide bonds. The number of nitrogens with one attached hydrogen (secondary N) is 1. The fraction of sp³-hybridized carbons (Fsp3) is 0.308. The van der Waals surface area contributed by atoms with E-state index in [-0.39, 0.29) is 16.3 Å². The van der Waals surface area contributed by atoms with Crippen LogP contribution in [-0.4, -0.2) is 48.6 Å². The Kier molecular flexibility index (Phi) is 6.28. The van der Waals surface area contributed by atoms with Gasteiger partial charge in [-0.1, -0.05) is 0 Å². The average Bonchev–Trinajstić information content (AvgIpc) is 2.45. The van der Waals surface area contributed by atoms with Crippen LogP contribution in [0.4, 0.5) is 9.18 Å². The summed E-state index contributed by atoms with van der Waals surface area (Å²) in [5.41, 5.74) is 0. The lowest BCUT2D eigenvalue weighted by Crippen LogP contribution is -2.23. The summed E-state index contributed by atoms with van der Waals surface area (Å²) in [6.45, 7) is -0.221. The Balaban J connectivity index is 2.83. The van der Waals surface area contributed by atoms with Gasteiger partial charge in [-0.3, -0.25) is 0 Å². The number of amides is 1. The zero-order valence-electron chi connectivity index (χ0n) is 12.4. The van der Waals surface area contributed by atoms with E-state index in [4.69, 9.17) is 0 Å². The SMILES string of the molecule is COC(=O)NC/C=C(\F)CS(=O)(=O)c1ccc(S(C)(=O)=O)cc1. The van der Waals surface area contributed by atoms with E-state index in [9.17, 15) is 26.0 Å². The molecule has 0 spiro atoms. The highest BCUT2D eigenvalue weighted by Crippen LogP contribution is 2.17. The molecule has 0 bridgehead atoms. The van der Waals surface area contributed by atoms with Gasteiger partial charge in [0.2, 0.25) is 0 Å². The number of rotatable bonds is 6. The van der Waals surface area contributed by atoms with Gasteiger partial charge in [0.05, 0.1) is 16.9 Å². The van der Waals surface area contributed by atoms with Crippen molar-refractivity contribution in [2.24, 2.45) is 0 Å². The molecule has 0 saturated carbocycles. The van der Waals surface area contributed by atoms with E-state index < -0.39 is 37.3 Å². The van der Waals surface area contributed by atoms with E-state index in [1.807, 2.05) is 0 Å². The summed E-state index contributed by atoms with van der Waals surface area (Å²) in [7, 11) is -6.26. The van der Waals surface area contributed by atoms with Gasteiger partial charge >= 0.3 is 6.09 Å². The van der Waals surface area contributed by atoms with Crippen LogP contribution in [0.1, 0.15) is 0 Å². The molecule has 1 aromatic carbocycles. The molecule has 1 aromatic rings. The smallest absolute Gasteiger partial charge is 0.407 e. The number of halogens is 1. The van der Waals surface area contributed by atoms with Crippen molar-refractivity contribution >= 4 is 25.8 Å². The first-order valence-corrected chi connectivity index (χ1v) is 9.80. The van der Waals surface area contributed by atoms with Crippen molar-refractivity contribution in [3.63, 3.8) is 0 Å². The maximum atomic E-state index is 13.6. The summed E-state index contributed by atoms with van der Waals surface area (Å²) in [6, 6.07) is 4.49. The van der Waals surface area contributed by atoms with Gasteiger partial charge in [0.15, 0.2) is 19.7 Å². The molecule has 7 nitrogen and oxygen atoms in total. The molecule has 0 aromatic heterocycles. The van der Waals surface area contributed by atoms with Crippen molar-refractivity contribution in [1.82, 2.24) is 5.32 Å². The standard InChI is InChI=1S/C13H16FNO6S2/c1-21-13(16)15-8-7-10(14)9-23(19,20)12-5-3-11(4-6-12)22(2,17)18/h3-7H,8-9H2,1-2H3,(H,15,16)/b10-7-. The predicted octanol–water partition coefficient (Wildman–Crippen LogP) is 1.07. The lowest BCUT2D eigenvalue weighted by Gasteiger charge is -2.05. The molecule has 0 radical (unpaired) electrons. The van der Waals surface area contributed by atoms with Crippen molar-refractivity contribution in [2.45, 2.75) is 9.79 Å². The average molecular weight is 365 g/mol. The largest absolute Gasteiger partial charge is 0.453 e. The second kappa shape index (κ2) is 7.55. The summed E-state index contributed by atoms with van der Waals surface area (Å²) in [5, 5.41) is 2.17. The molecule has 1 N–H and O–H groups in total. The summed E-state index contributed by atoms with van der Waals surface area (Å²) < 4.78 is 64.5. The Morgan fingerprint density at radius 2 is 1.70 bits per heavy atom. The quantitative estimate of drug-likeness (QED) is 0.808. The number of alkyl carbamates (subject to hydrolysis) is 1. The molecule has 0 atom stereocenters. The Hall–Kier alpha value is -1.94. The second-order valence-corrected chi connectivity index (χ2v) is 8.53. The normalized spacial score (nSPS) is 12.7. The Morgan fingerprint density at radius 1 is 1.17 bits per heavy atom. The first kappa shape index (κ1) is 19.1. The summed E-state index contributed by atoms with van der Waals surface area (Å²) in [6.07, 6.45) is 1.13. The van der Waals surface area contributed by atoms with Crippen LogP contribution in [0.5, 0.6) is 0 Å². The lowest BCUT2D eigenvalue weighted by molar-refractivity contribution is 0.172. The molecule has 0 aliphatic rings. The van der Waals surface area contributed by atoms with Crippen molar-refractivity contribution in [3.05, 3.63) is 36.2 Å². The van der Waals surface area contributed by atoms with Crippen LogP contribution in [0.2, 0.25) is 0 Å². The van der Waals surface area contributed by atoms with Gasteiger partial charge in [0, 0.05) is 12.8 Å². The Morgan fingerprint density at radius 3 is 2.17 bits per heavy atom. The van der Waals surface area contributed by atoms with Crippen molar-refractivity contribution < 1.29 is 30.8 Å². The number of benzene rings is 1. The van der Waals surface area contributed by atoms with Gasteiger partial charge in [0.25, 0.3) is 0 Å². The minimum absolute atomic E-state index is 0.0326. The molecule has 0 aliphatic heterocycles. The molecule has 1 rings (SSSR count). The summed E-state index contributed by atoms with van der Waals surface area (Å²) >= 11 is 0. The van der Waals surface area contributed by atoms with Crippen LogP contribution >= 0.6 is 0 Å². The van der Waals surface area contributed by atoms with Crippen LogP contribution in [0, 0.1) is 0 Å². The van der Waals surface area contributed by atoms with Crippen molar-refractivity contribution in [3.8, 4) is 0 Å². The zero-order chi connectivity index (χ0) is 17.7. The van der Waals surface area contributed by atoms with E-state index in [1.54, 1.807) is 0 Å². The summed E-state index contributed by atoms with van der Waals surface area (Å²) in [4.78, 5) is 10.5. The van der Waals surface area contributed by atoms with E-state index in [0.717, 1.165) is 43.7 Å². The molecule has 10 heteroatoms. The van der Waals surface area contributed by atoms with Gasteiger partial charge < -0.3 is 10.1 Å². The number of ether oxygens (including phenoxy) is 1. The molecule has 0 heterocycles. The third-order valence-corrected chi connectivity index (χ3v) is 5.47. The molecular weight excluding hydrogens is 349 g/mol. The molecule has 0 unspecified atom stereocenters. The highest BCUT2D eigenvalue weighted by Gasteiger charge is 2.18. The fourth-order valence-electron chi connectivity index (χ4n) is 1.54. The van der Waals surface area contributed by atoms with Gasteiger partial charge in [-0.2, -0.15) is 0 Å². The van der Waals surface area contributed by atoms with Crippen molar-refractivity contribution in [1.29, 1.82) is 0 Å². The number of methoxy groups -OCH3 is 1. The van der Waals surface area contributed by atoms with Gasteiger partial charge in [0.1, 0.15) is 11.6 Å². The topological polar surface area (TPSA) is 107 Å². The highest BCUT2D eigenvalue weighted by molar-refractivity contribution is 7.91. The maximum Gasteiger partial charge on any atom is 0.407 e. The second-order valence-electron chi connectivity index (χ2n) is 4.53. The highest BCUT2D eigenvalue weighted by atomic mass is 32.2. The third kappa shape index (κ3) is 5.99. The number of carbonyl (C=O) groups excluding carboxylic acids is 1. The molecule has 0 saturated heterocycles. The fourth-order valence-corrected chi connectivity index (χ4v) is 3.36. The first-order valence-electron chi connectivity index (χ1n) is 6.25. The van der Waals surface area contributed by atoms with Crippen molar-refractivity contribution in [2.75, 3.05) is 25.7 Å². The molecule has 23 heavy (non-hydrogen) atoms. The lowest BCUT2D eigenvalue weighted by atomic mass is 10.4. The molecular formula is C13H16FNO6S2. The zero-order valence-corrected chi connectivity index (χ0v) is 14.1. The Labute approximate surface area is 134 Å². The minimum atomic E-state index is -3.96. The van der Waals surface area contributed by atoms with E-state index in [2.05, 4.69) is 10.1 Å². The van der Waals surface area contributed by atoms with Crippen LogP contribution in [0.3, 0.4) is 0 Å². The maximum absolute atomic E-state index is 13.6. The molecule has 0 aliphatic carbocycles. The van der Waals surface area contributed by atoms with Crippen LogP contribution in [0.15, 0.2) is 46.0 Å². The van der Waals surface area contributed by atoms with Crippen LogP contribution < -0.4 is 5.32 Å².